The second-order valence-corrected chi connectivity index (χ2v) is 6.08. The van der Waals surface area contributed by atoms with Crippen molar-refractivity contribution in [2.45, 2.75) is 44.3 Å². The van der Waals surface area contributed by atoms with Gasteiger partial charge in [-0.05, 0) is 31.2 Å². The SMILES string of the molecule is COc1ccc(CNC(=O)NC2CCN(C3CC3)CC2)cn1. The minimum atomic E-state index is -0.0966. The molecule has 120 valence electrons. The molecule has 2 aliphatic rings. The molecule has 2 amide bonds. The van der Waals surface area contributed by atoms with Gasteiger partial charge in [-0.2, -0.15) is 0 Å². The third kappa shape index (κ3) is 4.10. The van der Waals surface area contributed by atoms with Gasteiger partial charge >= 0.3 is 6.03 Å². The van der Waals surface area contributed by atoms with Crippen LogP contribution in [0.5, 0.6) is 5.88 Å². The van der Waals surface area contributed by atoms with E-state index in [0.29, 0.717) is 18.5 Å². The highest BCUT2D eigenvalue weighted by atomic mass is 16.5. The molecule has 1 saturated heterocycles. The second kappa shape index (κ2) is 6.96. The lowest BCUT2D eigenvalue weighted by Crippen LogP contribution is -2.48. The smallest absolute Gasteiger partial charge is 0.315 e. The molecule has 1 aliphatic carbocycles. The fraction of sp³-hybridized carbons (Fsp3) is 0.625. The number of ether oxygens (including phenoxy) is 1. The van der Waals surface area contributed by atoms with Crippen LogP contribution in [-0.2, 0) is 6.54 Å². The average Bonchev–Trinajstić information content (AvgIpc) is 3.39. The summed E-state index contributed by atoms with van der Waals surface area (Å²) >= 11 is 0. The molecule has 2 heterocycles. The Bertz CT molecular complexity index is 493. The van der Waals surface area contributed by atoms with E-state index in [0.717, 1.165) is 37.5 Å². The minimum Gasteiger partial charge on any atom is -0.481 e. The predicted molar refractivity (Wildman–Crippen MR) is 83.8 cm³/mol. The third-order valence-electron chi connectivity index (χ3n) is 4.39. The summed E-state index contributed by atoms with van der Waals surface area (Å²) in [5.74, 6) is 0.579. The number of carbonyl (C=O) groups is 1. The van der Waals surface area contributed by atoms with Crippen LogP contribution in [0, 0.1) is 0 Å². The lowest BCUT2D eigenvalue weighted by Gasteiger charge is -2.32. The van der Waals surface area contributed by atoms with Gasteiger partial charge in [0.2, 0.25) is 5.88 Å². The summed E-state index contributed by atoms with van der Waals surface area (Å²) in [4.78, 5) is 18.6. The molecule has 22 heavy (non-hydrogen) atoms. The fourth-order valence-corrected chi connectivity index (χ4v) is 2.90. The van der Waals surface area contributed by atoms with Crippen molar-refractivity contribution in [3.8, 4) is 5.88 Å². The number of pyridine rings is 1. The molecule has 1 aromatic heterocycles. The Kier molecular flexibility index (Phi) is 4.77. The number of likely N-dealkylation sites (tertiary alicyclic amines) is 1. The molecule has 0 aromatic carbocycles. The number of amides is 2. The molecular formula is C16H24N4O2. The van der Waals surface area contributed by atoms with Gasteiger partial charge in [0.1, 0.15) is 0 Å². The minimum absolute atomic E-state index is 0.0966. The zero-order valence-corrected chi connectivity index (χ0v) is 13.0. The first-order chi connectivity index (χ1) is 10.7. The van der Waals surface area contributed by atoms with Crippen molar-refractivity contribution in [3.63, 3.8) is 0 Å². The lowest BCUT2D eigenvalue weighted by molar-refractivity contribution is 0.186. The molecule has 6 heteroatoms. The molecular weight excluding hydrogens is 280 g/mol. The van der Waals surface area contributed by atoms with Crippen molar-refractivity contribution in [2.24, 2.45) is 0 Å². The van der Waals surface area contributed by atoms with Crippen LogP contribution in [0.1, 0.15) is 31.2 Å². The number of carbonyl (C=O) groups excluding carboxylic acids is 1. The number of hydrogen-bond donors (Lipinski definition) is 2. The van der Waals surface area contributed by atoms with Gasteiger partial charge < -0.3 is 20.3 Å². The zero-order chi connectivity index (χ0) is 15.4. The molecule has 2 fully saturated rings. The highest BCUT2D eigenvalue weighted by molar-refractivity contribution is 5.74. The van der Waals surface area contributed by atoms with Crippen molar-refractivity contribution in [2.75, 3.05) is 20.2 Å². The Morgan fingerprint density at radius 1 is 1.32 bits per heavy atom. The van der Waals surface area contributed by atoms with E-state index < -0.39 is 0 Å². The van der Waals surface area contributed by atoms with Crippen LogP contribution in [-0.4, -0.2) is 48.2 Å². The molecule has 2 N–H and O–H groups in total. The topological polar surface area (TPSA) is 66.5 Å². The van der Waals surface area contributed by atoms with Crippen molar-refractivity contribution >= 4 is 6.03 Å². The van der Waals surface area contributed by atoms with Crippen LogP contribution < -0.4 is 15.4 Å². The summed E-state index contributed by atoms with van der Waals surface area (Å²) < 4.78 is 5.01. The Morgan fingerprint density at radius 3 is 2.68 bits per heavy atom. The molecule has 1 aromatic rings. The maximum absolute atomic E-state index is 12.0. The first-order valence-electron chi connectivity index (χ1n) is 8.02. The van der Waals surface area contributed by atoms with Gasteiger partial charge in [-0.25, -0.2) is 9.78 Å². The number of nitrogens with zero attached hydrogens (tertiary/aromatic N) is 2. The second-order valence-electron chi connectivity index (χ2n) is 6.08. The van der Waals surface area contributed by atoms with Crippen LogP contribution in [0.2, 0.25) is 0 Å². The molecule has 1 aliphatic heterocycles. The summed E-state index contributed by atoms with van der Waals surface area (Å²) in [7, 11) is 1.59. The number of aromatic nitrogens is 1. The Hall–Kier alpha value is -1.82. The van der Waals surface area contributed by atoms with Gasteiger partial charge in [0.05, 0.1) is 7.11 Å². The van der Waals surface area contributed by atoms with E-state index in [9.17, 15) is 4.79 Å². The summed E-state index contributed by atoms with van der Waals surface area (Å²) in [5.41, 5.74) is 0.958. The molecule has 0 radical (unpaired) electrons. The molecule has 3 rings (SSSR count). The normalized spacial score (nSPS) is 19.7. The third-order valence-corrected chi connectivity index (χ3v) is 4.39. The molecule has 0 unspecified atom stereocenters. The van der Waals surface area contributed by atoms with Gasteiger partial charge in [0.25, 0.3) is 0 Å². The quantitative estimate of drug-likeness (QED) is 0.865. The predicted octanol–water partition coefficient (Wildman–Crippen LogP) is 1.52. The Labute approximate surface area is 131 Å². The molecule has 0 bridgehead atoms. The maximum atomic E-state index is 12.0. The number of hydrogen-bond acceptors (Lipinski definition) is 4. The monoisotopic (exact) mass is 304 g/mol. The van der Waals surface area contributed by atoms with Crippen LogP contribution >= 0.6 is 0 Å². The van der Waals surface area contributed by atoms with Crippen molar-refractivity contribution in [3.05, 3.63) is 23.9 Å². The van der Waals surface area contributed by atoms with Crippen LogP contribution in [0.4, 0.5) is 4.79 Å². The fourth-order valence-electron chi connectivity index (χ4n) is 2.90. The number of nitrogens with one attached hydrogen (secondary N) is 2. The first-order valence-corrected chi connectivity index (χ1v) is 8.02. The largest absolute Gasteiger partial charge is 0.481 e. The van der Waals surface area contributed by atoms with E-state index in [4.69, 9.17) is 4.74 Å². The van der Waals surface area contributed by atoms with Crippen LogP contribution in [0.15, 0.2) is 18.3 Å². The van der Waals surface area contributed by atoms with Crippen molar-refractivity contribution < 1.29 is 9.53 Å². The number of rotatable bonds is 5. The number of urea groups is 1. The average molecular weight is 304 g/mol. The van der Waals surface area contributed by atoms with Gasteiger partial charge in [0.15, 0.2) is 0 Å². The maximum Gasteiger partial charge on any atom is 0.315 e. The first kappa shape index (κ1) is 15.1. The summed E-state index contributed by atoms with van der Waals surface area (Å²) in [6.07, 6.45) is 6.53. The lowest BCUT2D eigenvalue weighted by atomic mass is 10.1. The van der Waals surface area contributed by atoms with Gasteiger partial charge in [-0.1, -0.05) is 6.07 Å². The standard InChI is InChI=1S/C16H24N4O2/c1-22-15-5-2-12(10-17-15)11-18-16(21)19-13-6-8-20(9-7-13)14-3-4-14/h2,5,10,13-14H,3-4,6-9,11H2,1H3,(H2,18,19,21). The molecule has 0 atom stereocenters. The van der Waals surface area contributed by atoms with Crippen LogP contribution in [0.3, 0.4) is 0 Å². The van der Waals surface area contributed by atoms with E-state index in [1.54, 1.807) is 19.4 Å². The number of methoxy groups -OCH3 is 1. The summed E-state index contributed by atoms with van der Waals surface area (Å²) in [6, 6.07) is 4.73. The van der Waals surface area contributed by atoms with Crippen LogP contribution in [0.25, 0.3) is 0 Å². The number of piperidine rings is 1. The molecule has 0 spiro atoms. The van der Waals surface area contributed by atoms with Gasteiger partial charge in [-0.3, -0.25) is 0 Å². The van der Waals surface area contributed by atoms with Crippen molar-refractivity contribution in [1.29, 1.82) is 0 Å². The highest BCUT2D eigenvalue weighted by Crippen LogP contribution is 2.29. The van der Waals surface area contributed by atoms with E-state index in [1.165, 1.54) is 12.8 Å². The Balaban J connectivity index is 1.37. The summed E-state index contributed by atoms with van der Waals surface area (Å²) in [6.45, 7) is 2.69. The van der Waals surface area contributed by atoms with Gasteiger partial charge in [-0.15, -0.1) is 0 Å². The summed E-state index contributed by atoms with van der Waals surface area (Å²) in [5, 5.41) is 5.96. The van der Waals surface area contributed by atoms with E-state index in [-0.39, 0.29) is 6.03 Å². The zero-order valence-electron chi connectivity index (χ0n) is 13.0. The van der Waals surface area contributed by atoms with E-state index >= 15 is 0 Å². The highest BCUT2D eigenvalue weighted by Gasteiger charge is 2.31. The molecule has 1 saturated carbocycles. The Morgan fingerprint density at radius 2 is 2.09 bits per heavy atom. The van der Waals surface area contributed by atoms with Crippen molar-refractivity contribution in [1.82, 2.24) is 20.5 Å². The van der Waals surface area contributed by atoms with E-state index in [1.807, 2.05) is 6.07 Å². The van der Waals surface area contributed by atoms with E-state index in [2.05, 4.69) is 20.5 Å². The molecule has 6 nitrogen and oxygen atoms in total. The van der Waals surface area contributed by atoms with Gasteiger partial charge in [0, 0.05) is 44.0 Å².